The van der Waals surface area contributed by atoms with Crippen LogP contribution >= 0.6 is 0 Å². The van der Waals surface area contributed by atoms with E-state index in [0.717, 1.165) is 19.4 Å². The van der Waals surface area contributed by atoms with Crippen LogP contribution in [0.5, 0.6) is 0 Å². The zero-order valence-corrected chi connectivity index (χ0v) is 8.32. The van der Waals surface area contributed by atoms with Crippen LogP contribution in [0.1, 0.15) is 12.8 Å². The summed E-state index contributed by atoms with van der Waals surface area (Å²) in [5, 5.41) is 11.7. The van der Waals surface area contributed by atoms with Crippen LogP contribution in [-0.2, 0) is 4.74 Å². The molecule has 2 amide bonds. The van der Waals surface area contributed by atoms with Crippen molar-refractivity contribution in [3.63, 3.8) is 0 Å². The average molecular weight is 210 g/mol. The Kier molecular flexibility index (Phi) is 3.18. The fourth-order valence-electron chi connectivity index (χ4n) is 1.50. The molecule has 6 heteroatoms. The zero-order chi connectivity index (χ0) is 10.5. The van der Waals surface area contributed by atoms with Gasteiger partial charge >= 0.3 is 6.03 Å². The van der Waals surface area contributed by atoms with Gasteiger partial charge in [0.2, 0.25) is 0 Å². The molecule has 2 heterocycles. The Morgan fingerprint density at radius 3 is 3.33 bits per heavy atom. The second-order valence-corrected chi connectivity index (χ2v) is 3.44. The lowest BCUT2D eigenvalue weighted by atomic mass is 10.2. The van der Waals surface area contributed by atoms with Gasteiger partial charge in [-0.25, -0.2) is 4.79 Å². The maximum absolute atomic E-state index is 11.3. The van der Waals surface area contributed by atoms with Crippen molar-refractivity contribution in [3.05, 3.63) is 12.3 Å². The highest BCUT2D eigenvalue weighted by molar-refractivity contribution is 5.88. The number of rotatable bonds is 3. The van der Waals surface area contributed by atoms with Gasteiger partial charge in [0, 0.05) is 19.2 Å². The van der Waals surface area contributed by atoms with Crippen LogP contribution in [0.25, 0.3) is 0 Å². The van der Waals surface area contributed by atoms with Crippen molar-refractivity contribution in [2.24, 2.45) is 0 Å². The number of aromatic amines is 1. The second kappa shape index (κ2) is 4.79. The van der Waals surface area contributed by atoms with Crippen molar-refractivity contribution < 1.29 is 9.53 Å². The number of hydrogen-bond acceptors (Lipinski definition) is 3. The van der Waals surface area contributed by atoms with Crippen LogP contribution < -0.4 is 10.6 Å². The summed E-state index contributed by atoms with van der Waals surface area (Å²) in [6.45, 7) is 1.36. The van der Waals surface area contributed by atoms with E-state index < -0.39 is 0 Å². The normalized spacial score (nSPS) is 20.1. The second-order valence-electron chi connectivity index (χ2n) is 3.44. The molecular formula is C9H14N4O2. The summed E-state index contributed by atoms with van der Waals surface area (Å²) in [7, 11) is 0. The largest absolute Gasteiger partial charge is 0.376 e. The number of anilines is 1. The SMILES string of the molecule is O=C(NC[C@@H]1CCCO1)Nc1ccn[nH]1. The Balaban J connectivity index is 1.68. The maximum atomic E-state index is 11.3. The van der Waals surface area contributed by atoms with Crippen molar-refractivity contribution >= 4 is 11.8 Å². The lowest BCUT2D eigenvalue weighted by Gasteiger charge is -2.10. The topological polar surface area (TPSA) is 79.0 Å². The molecule has 0 saturated carbocycles. The third-order valence-corrected chi connectivity index (χ3v) is 2.26. The van der Waals surface area contributed by atoms with Gasteiger partial charge in [-0.2, -0.15) is 5.10 Å². The van der Waals surface area contributed by atoms with E-state index in [9.17, 15) is 4.79 Å². The number of H-pyrrole nitrogens is 1. The molecule has 1 aliphatic rings. The van der Waals surface area contributed by atoms with E-state index in [4.69, 9.17) is 4.74 Å². The minimum atomic E-state index is -0.241. The molecule has 0 unspecified atom stereocenters. The molecule has 2 rings (SSSR count). The molecule has 0 radical (unpaired) electrons. The fraction of sp³-hybridized carbons (Fsp3) is 0.556. The summed E-state index contributed by atoms with van der Waals surface area (Å²) in [6.07, 6.45) is 3.84. The van der Waals surface area contributed by atoms with E-state index in [0.29, 0.717) is 12.4 Å². The minimum absolute atomic E-state index is 0.164. The average Bonchev–Trinajstić information content (AvgIpc) is 2.86. The molecule has 15 heavy (non-hydrogen) atoms. The molecular weight excluding hydrogens is 196 g/mol. The summed E-state index contributed by atoms with van der Waals surface area (Å²) in [4.78, 5) is 11.3. The molecule has 0 aliphatic carbocycles. The highest BCUT2D eigenvalue weighted by Gasteiger charge is 2.15. The Bertz CT molecular complexity index is 306. The molecule has 0 aromatic carbocycles. The van der Waals surface area contributed by atoms with Crippen LogP contribution in [0, 0.1) is 0 Å². The van der Waals surface area contributed by atoms with E-state index in [1.54, 1.807) is 12.3 Å². The number of ether oxygens (including phenoxy) is 1. The highest BCUT2D eigenvalue weighted by Crippen LogP contribution is 2.10. The smallest absolute Gasteiger partial charge is 0.320 e. The van der Waals surface area contributed by atoms with Crippen molar-refractivity contribution in [1.82, 2.24) is 15.5 Å². The van der Waals surface area contributed by atoms with Crippen molar-refractivity contribution in [2.75, 3.05) is 18.5 Å². The summed E-state index contributed by atoms with van der Waals surface area (Å²) in [6, 6.07) is 1.45. The van der Waals surface area contributed by atoms with Gasteiger partial charge in [-0.05, 0) is 12.8 Å². The van der Waals surface area contributed by atoms with Crippen LogP contribution in [0.15, 0.2) is 12.3 Å². The van der Waals surface area contributed by atoms with E-state index in [-0.39, 0.29) is 12.1 Å². The number of urea groups is 1. The minimum Gasteiger partial charge on any atom is -0.376 e. The molecule has 1 aromatic heterocycles. The highest BCUT2D eigenvalue weighted by atomic mass is 16.5. The predicted molar refractivity (Wildman–Crippen MR) is 54.6 cm³/mol. The van der Waals surface area contributed by atoms with E-state index in [1.165, 1.54) is 0 Å². The van der Waals surface area contributed by atoms with Gasteiger partial charge in [0.25, 0.3) is 0 Å². The van der Waals surface area contributed by atoms with E-state index >= 15 is 0 Å². The monoisotopic (exact) mass is 210 g/mol. The first-order valence-corrected chi connectivity index (χ1v) is 5.00. The number of nitrogens with one attached hydrogen (secondary N) is 3. The van der Waals surface area contributed by atoms with E-state index in [1.807, 2.05) is 0 Å². The number of amides is 2. The number of carbonyl (C=O) groups excluding carboxylic acids is 1. The molecule has 1 fully saturated rings. The number of carbonyl (C=O) groups is 1. The molecule has 82 valence electrons. The lowest BCUT2D eigenvalue weighted by molar-refractivity contribution is 0.112. The van der Waals surface area contributed by atoms with Gasteiger partial charge in [-0.15, -0.1) is 0 Å². The van der Waals surface area contributed by atoms with Crippen molar-refractivity contribution in [1.29, 1.82) is 0 Å². The number of nitrogens with zero attached hydrogens (tertiary/aromatic N) is 1. The quantitative estimate of drug-likeness (QED) is 0.687. The molecule has 0 spiro atoms. The zero-order valence-electron chi connectivity index (χ0n) is 8.32. The van der Waals surface area contributed by atoms with Gasteiger partial charge in [0.1, 0.15) is 5.82 Å². The first kappa shape index (κ1) is 9.97. The maximum Gasteiger partial charge on any atom is 0.320 e. The van der Waals surface area contributed by atoms with Crippen LogP contribution in [0.4, 0.5) is 10.6 Å². The fourth-order valence-corrected chi connectivity index (χ4v) is 1.50. The van der Waals surface area contributed by atoms with Crippen LogP contribution in [0.2, 0.25) is 0 Å². The first-order valence-electron chi connectivity index (χ1n) is 5.00. The van der Waals surface area contributed by atoms with Crippen molar-refractivity contribution in [2.45, 2.75) is 18.9 Å². The standard InChI is InChI=1S/C9H14N4O2/c14-9(12-8-3-4-11-13-8)10-6-7-2-1-5-15-7/h3-4,7H,1-2,5-6H2,(H3,10,11,12,13,14)/t7-/m0/s1. The Hall–Kier alpha value is -1.56. The molecule has 3 N–H and O–H groups in total. The van der Waals surface area contributed by atoms with E-state index in [2.05, 4.69) is 20.8 Å². The van der Waals surface area contributed by atoms with Crippen molar-refractivity contribution in [3.8, 4) is 0 Å². The number of aromatic nitrogens is 2. The Morgan fingerprint density at radius 2 is 2.67 bits per heavy atom. The van der Waals surface area contributed by atoms with Gasteiger partial charge < -0.3 is 10.1 Å². The molecule has 1 atom stereocenters. The third-order valence-electron chi connectivity index (χ3n) is 2.26. The third kappa shape index (κ3) is 2.95. The summed E-state index contributed by atoms with van der Waals surface area (Å²) >= 11 is 0. The lowest BCUT2D eigenvalue weighted by Crippen LogP contribution is -2.35. The molecule has 1 saturated heterocycles. The Morgan fingerprint density at radius 1 is 1.73 bits per heavy atom. The predicted octanol–water partition coefficient (Wildman–Crippen LogP) is 0.710. The molecule has 1 aliphatic heterocycles. The van der Waals surface area contributed by atoms with Crippen LogP contribution in [-0.4, -0.2) is 35.5 Å². The van der Waals surface area contributed by atoms with Gasteiger partial charge in [0.15, 0.2) is 0 Å². The van der Waals surface area contributed by atoms with Gasteiger partial charge in [-0.1, -0.05) is 0 Å². The summed E-state index contributed by atoms with van der Waals surface area (Å²) in [5.74, 6) is 0.583. The van der Waals surface area contributed by atoms with Gasteiger partial charge in [0.05, 0.1) is 12.3 Å². The first-order chi connectivity index (χ1) is 7.34. The molecule has 0 bridgehead atoms. The summed E-state index contributed by atoms with van der Waals surface area (Å²) in [5.41, 5.74) is 0. The van der Waals surface area contributed by atoms with Crippen LogP contribution in [0.3, 0.4) is 0 Å². The molecule has 1 aromatic rings. The summed E-state index contributed by atoms with van der Waals surface area (Å²) < 4.78 is 5.38. The Labute approximate surface area is 87.4 Å². The van der Waals surface area contributed by atoms with Gasteiger partial charge in [-0.3, -0.25) is 10.4 Å². The number of hydrogen-bond donors (Lipinski definition) is 3. The molecule has 6 nitrogen and oxygen atoms in total.